The first kappa shape index (κ1) is 20.2. The third-order valence-corrected chi connectivity index (χ3v) is 17.7. The van der Waals surface area contributed by atoms with Gasteiger partial charge in [-0.05, 0) is 0 Å². The summed E-state index contributed by atoms with van der Waals surface area (Å²) in [5.74, 6) is 1.95. The van der Waals surface area contributed by atoms with Crippen LogP contribution in [0.1, 0.15) is 0 Å². The summed E-state index contributed by atoms with van der Waals surface area (Å²) in [5.41, 5.74) is 9.08. The van der Waals surface area contributed by atoms with E-state index < -0.39 is 6.39 Å². The van der Waals surface area contributed by atoms with Gasteiger partial charge in [-0.2, -0.15) is 0 Å². The molecule has 6 aliphatic rings. The zero-order valence-electron chi connectivity index (χ0n) is 21.1. The van der Waals surface area contributed by atoms with Gasteiger partial charge in [-0.1, -0.05) is 0 Å². The maximum atomic E-state index is 6.47. The Balaban J connectivity index is 1.20. The Morgan fingerprint density at radius 3 is 2.33 bits per heavy atom. The number of aromatic nitrogens is 1. The summed E-state index contributed by atoms with van der Waals surface area (Å²) in [7, 11) is 2.60. The molecule has 6 aliphatic heterocycles. The molecule has 5 aromatic carbocycles. The van der Waals surface area contributed by atoms with Crippen LogP contribution in [0.4, 0.5) is 5.69 Å². The molecule has 0 atom stereocenters. The Kier molecular flexibility index (Phi) is 3.20. The molecule has 3 nitrogen and oxygen atoms in total. The molecule has 39 heavy (non-hydrogen) atoms. The van der Waals surface area contributed by atoms with E-state index in [1.165, 1.54) is 49.6 Å². The van der Waals surface area contributed by atoms with Gasteiger partial charge in [0.1, 0.15) is 0 Å². The fourth-order valence-electron chi connectivity index (χ4n) is 8.90. The Hall–Kier alpha value is -3.75. The molecule has 0 saturated carbocycles. The molecule has 1 aromatic heterocycles. The second-order valence-electron chi connectivity index (χ2n) is 12.0. The van der Waals surface area contributed by atoms with Gasteiger partial charge in [0, 0.05) is 0 Å². The molecule has 4 saturated heterocycles. The van der Waals surface area contributed by atoms with E-state index in [9.17, 15) is 0 Å². The molecule has 0 unspecified atom stereocenters. The third-order valence-electron chi connectivity index (χ3n) is 10.7. The quantitative estimate of drug-likeness (QED) is 0.290. The van der Waals surface area contributed by atoms with Gasteiger partial charge in [-0.3, -0.25) is 0 Å². The molecule has 2 radical (unpaired) electrons. The summed E-state index contributed by atoms with van der Waals surface area (Å²) in [6.45, 7) is 0.179. The van der Waals surface area contributed by atoms with Crippen molar-refractivity contribution in [3.8, 4) is 17.2 Å². The van der Waals surface area contributed by atoms with Crippen LogP contribution in [0, 0.1) is 0 Å². The molecule has 9 heteroatoms. The second-order valence-corrected chi connectivity index (χ2v) is 17.2. The minimum atomic E-state index is -2.08. The zero-order chi connectivity index (χ0) is 25.1. The zero-order valence-corrected chi connectivity index (χ0v) is 22.0. The van der Waals surface area contributed by atoms with Crippen molar-refractivity contribution in [1.29, 1.82) is 0 Å². The van der Waals surface area contributed by atoms with E-state index in [4.69, 9.17) is 4.74 Å². The molecule has 0 aliphatic carbocycles. The minimum absolute atomic E-state index is 0.179. The fraction of sp³-hybridized carbons (Fsp3) is 0. The van der Waals surface area contributed by atoms with E-state index in [0.717, 1.165) is 30.1 Å². The van der Waals surface area contributed by atoms with Crippen LogP contribution < -0.4 is 31.5 Å². The van der Waals surface area contributed by atoms with Crippen LogP contribution in [0.5, 0.6) is 11.5 Å². The Morgan fingerprint density at radius 2 is 1.49 bits per heavy atom. The standard InChI is InChI=1S/C30H19B5N2OP/c1-2-8-19(9-3-1)36-39(33-31-34(39)35(33)39)20-16-17-25-22(18-20)21-10-6-12-24-30(21)37(25)26-13-7-15-28-29(26)32(24)23-11-4-5-14-27(23)38-28/h1-18,36H/q-1. The van der Waals surface area contributed by atoms with Crippen LogP contribution in [0.3, 0.4) is 0 Å². The van der Waals surface area contributed by atoms with E-state index in [-0.39, 0.29) is 6.71 Å². The number of para-hydroxylation sites is 3. The van der Waals surface area contributed by atoms with Crippen molar-refractivity contribution >= 4 is 88.0 Å². The van der Waals surface area contributed by atoms with Crippen LogP contribution in [-0.2, 0) is 0 Å². The van der Waals surface area contributed by atoms with Crippen LogP contribution >= 0.6 is 6.39 Å². The summed E-state index contributed by atoms with van der Waals surface area (Å²) in [5, 5.41) is 8.50. The summed E-state index contributed by atoms with van der Waals surface area (Å²) in [6.07, 6.45) is 0.323. The van der Waals surface area contributed by atoms with Gasteiger partial charge in [0.05, 0.1) is 0 Å². The molecular weight excluding hydrogens is 489 g/mol. The number of nitrogens with one attached hydrogen (secondary N) is 1. The normalized spacial score (nSPS) is 19.7. The molecule has 0 spiro atoms. The Morgan fingerprint density at radius 1 is 0.718 bits per heavy atom. The van der Waals surface area contributed by atoms with Crippen molar-refractivity contribution < 1.29 is 4.74 Å². The molecular formula is C30H19B5N2OP-. The molecule has 4 fully saturated rings. The average Bonchev–Trinajstić information content (AvgIpc) is 3.56. The molecule has 176 valence electrons. The fourth-order valence-corrected chi connectivity index (χ4v) is 16.9. The second kappa shape index (κ2) is 6.19. The molecule has 1 N–H and O–H groups in total. The van der Waals surface area contributed by atoms with Crippen molar-refractivity contribution in [2.45, 2.75) is 0 Å². The summed E-state index contributed by atoms with van der Waals surface area (Å²) < 4.78 is 8.98. The van der Waals surface area contributed by atoms with Gasteiger partial charge in [0.25, 0.3) is 0 Å². The molecule has 2 bridgehead atoms. The van der Waals surface area contributed by atoms with Crippen LogP contribution in [0.2, 0.25) is 0 Å². The first-order chi connectivity index (χ1) is 19.3. The van der Waals surface area contributed by atoms with Crippen molar-refractivity contribution in [3.05, 3.63) is 109 Å². The number of anilines is 1. The predicted octanol–water partition coefficient (Wildman–Crippen LogP) is 3.79. The summed E-state index contributed by atoms with van der Waals surface area (Å²) in [4.78, 5) is 0. The number of fused-ring (bicyclic) bond motifs is 7. The van der Waals surface area contributed by atoms with E-state index >= 15 is 0 Å². The number of nitrogens with zero attached hydrogens (tertiary/aromatic N) is 1. The number of hydrogen-bond donors (Lipinski definition) is 1. The van der Waals surface area contributed by atoms with E-state index in [0.29, 0.717) is 0 Å². The monoisotopic (exact) mass is 509 g/mol. The summed E-state index contributed by atoms with van der Waals surface area (Å²) in [6, 6.07) is 40.4. The van der Waals surface area contributed by atoms with E-state index in [1.54, 1.807) is 5.30 Å². The molecule has 0 amide bonds. The third kappa shape index (κ3) is 1.98. The summed E-state index contributed by atoms with van der Waals surface area (Å²) >= 11 is 0. The van der Waals surface area contributed by atoms with Crippen molar-refractivity contribution in [2.75, 3.05) is 5.09 Å². The molecule has 12 rings (SSSR count). The maximum absolute atomic E-state index is 6.47. The van der Waals surface area contributed by atoms with Gasteiger partial charge in [-0.25, -0.2) is 0 Å². The van der Waals surface area contributed by atoms with Crippen molar-refractivity contribution in [1.82, 2.24) is 4.57 Å². The first-order valence-corrected chi connectivity index (χ1v) is 16.4. The van der Waals surface area contributed by atoms with E-state index in [2.05, 4.69) is 126 Å². The van der Waals surface area contributed by atoms with E-state index in [1.807, 2.05) is 0 Å². The van der Waals surface area contributed by atoms with Crippen LogP contribution in [0.15, 0.2) is 109 Å². The average molecular weight is 509 g/mol. The van der Waals surface area contributed by atoms with Crippen molar-refractivity contribution in [3.63, 3.8) is 0 Å². The topological polar surface area (TPSA) is 26.2 Å². The number of benzene rings is 5. The van der Waals surface area contributed by atoms with Gasteiger partial charge >= 0.3 is 229 Å². The molecule has 7 heterocycles. The SMILES string of the molecule is [B-]1B2B3B1P23(Nc1ccccc1)c1ccc2c(c1)c1cccc3c1n2-c1cccc2c1B3c1ccccc1O2. The van der Waals surface area contributed by atoms with Gasteiger partial charge < -0.3 is 0 Å². The number of rotatable bonds is 3. The first-order valence-electron chi connectivity index (χ1n) is 14.0. The van der Waals surface area contributed by atoms with Gasteiger partial charge in [-0.15, -0.1) is 0 Å². The predicted molar refractivity (Wildman–Crippen MR) is 172 cm³/mol. The van der Waals surface area contributed by atoms with Crippen LogP contribution in [-0.4, -0.2) is 37.0 Å². The Labute approximate surface area is 228 Å². The van der Waals surface area contributed by atoms with Crippen LogP contribution in [0.25, 0.3) is 27.5 Å². The number of hydrogen-bond acceptors (Lipinski definition) is 2. The Bertz CT molecular complexity index is 2110. The van der Waals surface area contributed by atoms with Gasteiger partial charge in [0.2, 0.25) is 0 Å². The number of ether oxygens (including phenoxy) is 1. The van der Waals surface area contributed by atoms with Gasteiger partial charge in [0.15, 0.2) is 0 Å². The molecule has 6 aromatic rings. The van der Waals surface area contributed by atoms with Crippen molar-refractivity contribution in [2.24, 2.45) is 0 Å².